The molecule has 1 atom stereocenters. The largest absolute Gasteiger partial charge is 0.489 e. The van der Waals surface area contributed by atoms with Crippen LogP contribution in [0, 0.1) is 11.7 Å². The van der Waals surface area contributed by atoms with E-state index in [-0.39, 0.29) is 35.8 Å². The van der Waals surface area contributed by atoms with Gasteiger partial charge in [-0.2, -0.15) is 13.2 Å². The number of fused-ring (bicyclic) bond motifs is 1. The summed E-state index contributed by atoms with van der Waals surface area (Å²) in [6.07, 6.45) is -2.78. The maximum absolute atomic E-state index is 15.0. The molecule has 1 fully saturated rings. The summed E-state index contributed by atoms with van der Waals surface area (Å²) in [5, 5.41) is 0. The summed E-state index contributed by atoms with van der Waals surface area (Å²) < 4.78 is 122. The number of nitrogens with zero attached hydrogens (tertiary/aromatic N) is 1. The van der Waals surface area contributed by atoms with E-state index < -0.39 is 64.6 Å². The van der Waals surface area contributed by atoms with Crippen LogP contribution < -0.4 is 18.9 Å². The molecule has 2 heterocycles. The van der Waals surface area contributed by atoms with Crippen molar-refractivity contribution in [1.82, 2.24) is 9.62 Å². The average Bonchev–Trinajstić information content (AvgIpc) is 2.94. The molecule has 4 rings (SSSR count). The van der Waals surface area contributed by atoms with Crippen LogP contribution >= 0.6 is 0 Å². The molecule has 0 unspecified atom stereocenters. The molecule has 0 spiro atoms. The highest BCUT2D eigenvalue weighted by Crippen LogP contribution is 2.38. The van der Waals surface area contributed by atoms with E-state index in [1.807, 2.05) is 9.62 Å². The van der Waals surface area contributed by atoms with Gasteiger partial charge in [0.05, 0.1) is 23.3 Å². The lowest BCUT2D eigenvalue weighted by molar-refractivity contribution is -0.139. The summed E-state index contributed by atoms with van der Waals surface area (Å²) >= 11 is 0. The normalized spacial score (nSPS) is 17.6. The first kappa shape index (κ1) is 32.5. The number of benzene rings is 2. The molecule has 0 aliphatic carbocycles. The molecule has 43 heavy (non-hydrogen) atoms. The second-order valence-electron chi connectivity index (χ2n) is 10.4. The van der Waals surface area contributed by atoms with Gasteiger partial charge in [-0.25, -0.2) is 21.6 Å². The Labute approximate surface area is 244 Å². The van der Waals surface area contributed by atoms with Crippen molar-refractivity contribution < 1.29 is 53.8 Å². The topological polar surface area (TPSA) is 94.2 Å². The number of carbonyl (C=O) groups is 1. The minimum absolute atomic E-state index is 0.00710. The molecule has 0 bridgehead atoms. The van der Waals surface area contributed by atoms with E-state index in [0.29, 0.717) is 32.5 Å². The molecule has 2 aliphatic heterocycles. The summed E-state index contributed by atoms with van der Waals surface area (Å²) in [7, 11) is -3.67. The third-order valence-electron chi connectivity index (χ3n) is 6.81. The van der Waals surface area contributed by atoms with Gasteiger partial charge in [-0.05, 0) is 48.7 Å². The molecule has 0 radical (unpaired) electrons. The first-order chi connectivity index (χ1) is 20.3. The van der Waals surface area contributed by atoms with Crippen molar-refractivity contribution in [1.29, 1.82) is 0 Å². The van der Waals surface area contributed by atoms with E-state index in [1.165, 1.54) is 12.1 Å². The molecular formula is C28H30F6N2O6S. The maximum Gasteiger partial charge on any atom is 0.419 e. The number of alkyl halides is 5. The molecule has 1 amide bonds. The standard InChI is InChI=1S/C28H30F6N2O6S/c1-43(38,39)35-27(37)19-3-2-6-36(14-19)13-18-7-22-24(31)9-20(10-26(22)41-16-18)40-15-17-4-5-25(42-21(11-29)12-30)23(8-17)28(32,33)34/h4-5,7-10,19,21H,2-3,6,11-16H2,1H3,(H,35,37)/t19-/m1/s1. The van der Waals surface area contributed by atoms with Crippen LogP contribution in [-0.2, 0) is 27.6 Å². The van der Waals surface area contributed by atoms with Crippen LogP contribution in [0.15, 0.2) is 35.9 Å². The lowest BCUT2D eigenvalue weighted by Crippen LogP contribution is -2.45. The lowest BCUT2D eigenvalue weighted by atomic mass is 9.96. The molecule has 8 nitrogen and oxygen atoms in total. The monoisotopic (exact) mass is 636 g/mol. The summed E-state index contributed by atoms with van der Waals surface area (Å²) in [5.41, 5.74) is -0.278. The van der Waals surface area contributed by atoms with Gasteiger partial charge in [0.1, 0.15) is 49.6 Å². The first-order valence-corrected chi connectivity index (χ1v) is 15.2. The molecule has 15 heteroatoms. The quantitative estimate of drug-likeness (QED) is 0.359. The van der Waals surface area contributed by atoms with E-state index in [9.17, 15) is 35.2 Å². The predicted octanol–water partition coefficient (Wildman–Crippen LogP) is 4.67. The van der Waals surface area contributed by atoms with Crippen molar-refractivity contribution in [2.24, 2.45) is 5.92 Å². The highest BCUT2D eigenvalue weighted by atomic mass is 32.2. The minimum atomic E-state index is -4.87. The average molecular weight is 637 g/mol. The number of piperidine rings is 1. The minimum Gasteiger partial charge on any atom is -0.489 e. The first-order valence-electron chi connectivity index (χ1n) is 13.3. The summed E-state index contributed by atoms with van der Waals surface area (Å²) in [6.45, 7) is -1.49. The van der Waals surface area contributed by atoms with E-state index >= 15 is 4.39 Å². The molecule has 1 N–H and O–H groups in total. The Hall–Kier alpha value is -3.46. The third-order valence-corrected chi connectivity index (χ3v) is 7.38. The van der Waals surface area contributed by atoms with E-state index in [1.54, 1.807) is 6.08 Å². The second-order valence-corrected chi connectivity index (χ2v) is 12.1. The highest BCUT2D eigenvalue weighted by Gasteiger charge is 2.35. The van der Waals surface area contributed by atoms with Gasteiger partial charge in [-0.15, -0.1) is 0 Å². The van der Waals surface area contributed by atoms with Crippen LogP contribution in [0.25, 0.3) is 6.08 Å². The van der Waals surface area contributed by atoms with Gasteiger partial charge < -0.3 is 14.2 Å². The number of hydrogen-bond acceptors (Lipinski definition) is 7. The SMILES string of the molecule is CS(=O)(=O)NC(=O)[C@@H]1CCCN(CC2=Cc3c(F)cc(OCc4ccc(OC(CF)CF)c(C(F)(F)F)c4)cc3OC2)C1. The molecule has 236 valence electrons. The molecule has 2 aromatic rings. The fraction of sp³-hybridized carbons (Fsp3) is 0.464. The van der Waals surface area contributed by atoms with Crippen molar-refractivity contribution in [3.8, 4) is 17.2 Å². The Bertz CT molecular complexity index is 1460. The molecule has 0 aromatic heterocycles. The Morgan fingerprint density at radius 2 is 1.93 bits per heavy atom. The van der Waals surface area contributed by atoms with E-state index in [4.69, 9.17) is 14.2 Å². The molecule has 2 aromatic carbocycles. The predicted molar refractivity (Wildman–Crippen MR) is 144 cm³/mol. The number of ether oxygens (including phenoxy) is 3. The van der Waals surface area contributed by atoms with Crippen molar-refractivity contribution in [3.05, 3.63) is 58.4 Å². The summed E-state index contributed by atoms with van der Waals surface area (Å²) in [4.78, 5) is 14.2. The molecule has 0 saturated carbocycles. The number of rotatable bonds is 11. The Morgan fingerprint density at radius 3 is 2.60 bits per heavy atom. The number of hydrogen-bond donors (Lipinski definition) is 1. The Balaban J connectivity index is 1.42. The van der Waals surface area contributed by atoms with Gasteiger partial charge in [0.2, 0.25) is 15.9 Å². The zero-order valence-corrected chi connectivity index (χ0v) is 23.9. The van der Waals surface area contributed by atoms with E-state index in [2.05, 4.69) is 0 Å². The number of sulfonamides is 1. The highest BCUT2D eigenvalue weighted by molar-refractivity contribution is 7.89. The number of amides is 1. The van der Waals surface area contributed by atoms with Crippen LogP contribution in [0.1, 0.15) is 29.5 Å². The Morgan fingerprint density at radius 1 is 1.19 bits per heavy atom. The summed E-state index contributed by atoms with van der Waals surface area (Å²) in [6, 6.07) is 5.41. The molecular weight excluding hydrogens is 606 g/mol. The van der Waals surface area contributed by atoms with E-state index in [0.717, 1.165) is 30.0 Å². The summed E-state index contributed by atoms with van der Waals surface area (Å²) in [5.74, 6) is -2.29. The smallest absolute Gasteiger partial charge is 0.419 e. The number of likely N-dealkylation sites (tertiary alicyclic amines) is 1. The van der Waals surface area contributed by atoms with Crippen LogP contribution in [-0.4, -0.2) is 71.2 Å². The van der Waals surface area contributed by atoms with Gasteiger partial charge in [-0.3, -0.25) is 14.4 Å². The van der Waals surface area contributed by atoms with Crippen molar-refractivity contribution in [3.63, 3.8) is 0 Å². The number of halogens is 6. The fourth-order valence-corrected chi connectivity index (χ4v) is 5.36. The Kier molecular flexibility index (Phi) is 10.2. The van der Waals surface area contributed by atoms with Crippen molar-refractivity contribution >= 4 is 22.0 Å². The molecule has 1 saturated heterocycles. The number of nitrogens with one attached hydrogen (secondary N) is 1. The van der Waals surface area contributed by atoms with Crippen LogP contribution in [0.2, 0.25) is 0 Å². The van der Waals surface area contributed by atoms with Gasteiger partial charge >= 0.3 is 6.18 Å². The van der Waals surface area contributed by atoms with Crippen molar-refractivity contribution in [2.75, 3.05) is 45.8 Å². The second kappa shape index (κ2) is 13.5. The van der Waals surface area contributed by atoms with Crippen molar-refractivity contribution in [2.45, 2.75) is 31.7 Å². The third kappa shape index (κ3) is 8.78. The lowest BCUT2D eigenvalue weighted by Gasteiger charge is -2.33. The van der Waals surface area contributed by atoms with Crippen LogP contribution in [0.4, 0.5) is 26.3 Å². The van der Waals surface area contributed by atoms with Gasteiger partial charge in [0.25, 0.3) is 0 Å². The van der Waals surface area contributed by atoms with Gasteiger partial charge in [0.15, 0.2) is 6.10 Å². The van der Waals surface area contributed by atoms with Gasteiger partial charge in [-0.1, -0.05) is 6.07 Å². The van der Waals surface area contributed by atoms with Crippen LogP contribution in [0.3, 0.4) is 0 Å². The zero-order chi connectivity index (χ0) is 31.4. The van der Waals surface area contributed by atoms with Crippen LogP contribution in [0.5, 0.6) is 17.2 Å². The number of carbonyl (C=O) groups excluding carboxylic acids is 1. The zero-order valence-electron chi connectivity index (χ0n) is 23.1. The van der Waals surface area contributed by atoms with Gasteiger partial charge in [0, 0.05) is 25.2 Å². The maximum atomic E-state index is 15.0. The molecule has 2 aliphatic rings. The fourth-order valence-electron chi connectivity index (χ4n) is 4.83.